The lowest BCUT2D eigenvalue weighted by molar-refractivity contribution is -0.384. The van der Waals surface area contributed by atoms with E-state index in [2.05, 4.69) is 0 Å². The van der Waals surface area contributed by atoms with Crippen molar-refractivity contribution in [2.45, 2.75) is 72.1 Å². The van der Waals surface area contributed by atoms with Gasteiger partial charge in [-0.25, -0.2) is 4.79 Å². The van der Waals surface area contributed by atoms with Gasteiger partial charge >= 0.3 is 5.97 Å². The van der Waals surface area contributed by atoms with Gasteiger partial charge in [-0.1, -0.05) is 13.8 Å². The summed E-state index contributed by atoms with van der Waals surface area (Å²) in [6.45, 7) is 8.92. The lowest BCUT2D eigenvalue weighted by Gasteiger charge is -2.35. The second-order valence-electron chi connectivity index (χ2n) is 10.5. The first-order valence-electron chi connectivity index (χ1n) is 12.7. The van der Waals surface area contributed by atoms with E-state index >= 15 is 0 Å². The number of carbonyl (C=O) groups excluding carboxylic acids is 3. The van der Waals surface area contributed by atoms with Crippen LogP contribution in [0.5, 0.6) is 11.5 Å². The summed E-state index contributed by atoms with van der Waals surface area (Å²) < 4.78 is 11.2. The van der Waals surface area contributed by atoms with E-state index in [4.69, 9.17) is 15.2 Å². The fourth-order valence-corrected chi connectivity index (χ4v) is 3.85. The molecule has 11 nitrogen and oxygen atoms in total. The lowest BCUT2D eigenvalue weighted by Crippen LogP contribution is -2.49. The van der Waals surface area contributed by atoms with Crippen molar-refractivity contribution in [1.29, 1.82) is 0 Å². The smallest absolute Gasteiger partial charge is 0.329 e. The summed E-state index contributed by atoms with van der Waals surface area (Å²) in [5.41, 5.74) is 4.66. The summed E-state index contributed by atoms with van der Waals surface area (Å²) in [5, 5.41) is 21.8. The summed E-state index contributed by atoms with van der Waals surface area (Å²) in [4.78, 5) is 49.6. The number of unbranched alkanes of at least 4 members (excludes halogenated alkanes) is 1. The normalized spacial score (nSPS) is 12.1. The van der Waals surface area contributed by atoms with Crippen molar-refractivity contribution in [3.8, 4) is 11.5 Å². The highest BCUT2D eigenvalue weighted by atomic mass is 16.6. The minimum absolute atomic E-state index is 0.136. The predicted molar refractivity (Wildman–Crippen MR) is 144 cm³/mol. The Kier molecular flexibility index (Phi) is 10.8. The molecule has 3 N–H and O–H groups in total. The van der Waals surface area contributed by atoms with Crippen molar-refractivity contribution in [2.75, 3.05) is 6.61 Å². The van der Waals surface area contributed by atoms with E-state index in [1.807, 2.05) is 0 Å². The number of benzene rings is 2. The first-order valence-corrected chi connectivity index (χ1v) is 12.7. The molecule has 0 aromatic heterocycles. The highest BCUT2D eigenvalue weighted by molar-refractivity contribution is 5.97. The Morgan fingerprint density at radius 1 is 1.08 bits per heavy atom. The van der Waals surface area contributed by atoms with Crippen molar-refractivity contribution in [1.82, 2.24) is 4.90 Å². The molecule has 2 aromatic carbocycles. The second kappa shape index (κ2) is 13.6. The van der Waals surface area contributed by atoms with Crippen LogP contribution in [0.3, 0.4) is 0 Å². The van der Waals surface area contributed by atoms with E-state index in [9.17, 15) is 29.6 Å². The van der Waals surface area contributed by atoms with Crippen molar-refractivity contribution < 1.29 is 33.9 Å². The number of carbonyl (C=O) groups is 3. The van der Waals surface area contributed by atoms with Gasteiger partial charge in [0.1, 0.15) is 23.1 Å². The molecule has 0 unspecified atom stereocenters. The number of phenolic OH excluding ortho intramolecular Hbond substituents is 1. The molecule has 0 aliphatic heterocycles. The molecule has 0 spiro atoms. The van der Waals surface area contributed by atoms with E-state index < -0.39 is 28.4 Å². The van der Waals surface area contributed by atoms with Crippen molar-refractivity contribution >= 4 is 23.5 Å². The van der Waals surface area contributed by atoms with Gasteiger partial charge in [0.25, 0.3) is 11.6 Å². The van der Waals surface area contributed by atoms with Crippen LogP contribution in [0.15, 0.2) is 42.5 Å². The maximum atomic E-state index is 13.7. The zero-order chi connectivity index (χ0) is 29.3. The average molecular weight is 544 g/mol. The number of nitrogens with zero attached hydrogens (tertiary/aromatic N) is 2. The van der Waals surface area contributed by atoms with Crippen LogP contribution in [0.1, 0.15) is 69.8 Å². The monoisotopic (exact) mass is 543 g/mol. The third-order valence-corrected chi connectivity index (χ3v) is 5.69. The van der Waals surface area contributed by atoms with Gasteiger partial charge in [-0.2, -0.15) is 0 Å². The van der Waals surface area contributed by atoms with E-state index in [1.165, 1.54) is 35.2 Å². The number of hydrogen-bond donors (Lipinski definition) is 2. The number of amides is 2. The van der Waals surface area contributed by atoms with Crippen LogP contribution < -0.4 is 10.5 Å². The largest absolute Gasteiger partial charge is 0.507 e. The van der Waals surface area contributed by atoms with Gasteiger partial charge in [0, 0.05) is 35.7 Å². The first kappa shape index (κ1) is 31.1. The number of esters is 1. The molecule has 2 rings (SSSR count). The number of nitro groups is 1. The van der Waals surface area contributed by atoms with Gasteiger partial charge in [0.2, 0.25) is 5.91 Å². The molecule has 11 heteroatoms. The molecule has 0 saturated carbocycles. The van der Waals surface area contributed by atoms with E-state index in [0.29, 0.717) is 30.8 Å². The average Bonchev–Trinajstić information content (AvgIpc) is 2.82. The minimum atomic E-state index is -1.01. The van der Waals surface area contributed by atoms with Crippen molar-refractivity contribution in [3.05, 3.63) is 63.7 Å². The van der Waals surface area contributed by atoms with E-state index in [-0.39, 0.29) is 41.8 Å². The number of non-ortho nitro benzene ring substituents is 1. The van der Waals surface area contributed by atoms with Gasteiger partial charge < -0.3 is 25.2 Å². The Balaban J connectivity index is 2.36. The fourth-order valence-electron chi connectivity index (χ4n) is 3.85. The second-order valence-corrected chi connectivity index (χ2v) is 10.5. The van der Waals surface area contributed by atoms with Crippen LogP contribution in [0, 0.1) is 16.0 Å². The Morgan fingerprint density at radius 3 is 2.23 bits per heavy atom. The van der Waals surface area contributed by atoms with Crippen LogP contribution in [0.2, 0.25) is 0 Å². The highest BCUT2D eigenvalue weighted by Gasteiger charge is 2.36. The predicted octanol–water partition coefficient (Wildman–Crippen LogP) is 4.34. The molecule has 0 aliphatic rings. The topological polar surface area (TPSA) is 162 Å². The maximum Gasteiger partial charge on any atom is 0.329 e. The molecule has 0 radical (unpaired) electrons. The molecule has 0 saturated heterocycles. The molecular weight excluding hydrogens is 506 g/mol. The molecule has 0 aliphatic carbocycles. The van der Waals surface area contributed by atoms with E-state index in [0.717, 1.165) is 0 Å². The lowest BCUT2D eigenvalue weighted by atomic mass is 9.99. The number of primary amides is 1. The number of phenols is 1. The first-order chi connectivity index (χ1) is 18.2. The third kappa shape index (κ3) is 9.59. The fraction of sp³-hybridized carbons (Fsp3) is 0.464. The maximum absolute atomic E-state index is 13.7. The molecule has 0 bridgehead atoms. The number of aromatic hydroxyl groups is 1. The summed E-state index contributed by atoms with van der Waals surface area (Å²) in [6.07, 6.45) is 1.45. The number of nitrogens with two attached hydrogens (primary N) is 1. The third-order valence-electron chi connectivity index (χ3n) is 5.69. The Labute approximate surface area is 228 Å². The van der Waals surface area contributed by atoms with Gasteiger partial charge in [-0.05, 0) is 63.8 Å². The van der Waals surface area contributed by atoms with Crippen LogP contribution in [-0.2, 0) is 20.9 Å². The summed E-state index contributed by atoms with van der Waals surface area (Å²) in [6, 6.07) is 8.73. The summed E-state index contributed by atoms with van der Waals surface area (Å²) in [5.74, 6) is -1.64. The quantitative estimate of drug-likeness (QED) is 0.163. The SMILES string of the molecule is CC(C)[C@@H](C(=O)OC(C)(C)C)N(Cc1ccc(OCCCCC(N)=O)cc1O)C(=O)c1ccc([N+](=O)[O-])cc1. The summed E-state index contributed by atoms with van der Waals surface area (Å²) in [7, 11) is 0. The van der Waals surface area contributed by atoms with Crippen LogP contribution >= 0.6 is 0 Å². The molecule has 0 heterocycles. The number of ether oxygens (including phenoxy) is 2. The number of nitro benzene ring substituents is 1. The molecular formula is C28H37N3O8. The Bertz CT molecular complexity index is 1170. The highest BCUT2D eigenvalue weighted by Crippen LogP contribution is 2.29. The van der Waals surface area contributed by atoms with Gasteiger partial charge in [0.15, 0.2) is 0 Å². The molecule has 212 valence electrons. The van der Waals surface area contributed by atoms with Crippen molar-refractivity contribution in [2.24, 2.45) is 11.7 Å². The Morgan fingerprint density at radius 2 is 1.72 bits per heavy atom. The molecule has 2 amide bonds. The van der Waals surface area contributed by atoms with Gasteiger partial charge in [0.05, 0.1) is 18.1 Å². The standard InChI is InChI=1S/C28H37N3O8/c1-18(2)25(27(35)39-28(3,4)5)30(26(34)19-9-12-21(13-10-19)31(36)37)17-20-11-14-22(16-23(20)32)38-15-7-6-8-24(29)33/h9-14,16,18,25,32H,6-8,15,17H2,1-5H3,(H2,29,33)/t25-/m0/s1. The molecule has 39 heavy (non-hydrogen) atoms. The van der Waals surface area contributed by atoms with Crippen LogP contribution in [0.25, 0.3) is 0 Å². The van der Waals surface area contributed by atoms with Crippen LogP contribution in [-0.4, -0.2) is 51.0 Å². The Hall–Kier alpha value is -4.15. The summed E-state index contributed by atoms with van der Waals surface area (Å²) >= 11 is 0. The minimum Gasteiger partial charge on any atom is -0.507 e. The number of rotatable bonds is 13. The van der Waals surface area contributed by atoms with Crippen LogP contribution in [0.4, 0.5) is 5.69 Å². The van der Waals surface area contributed by atoms with Crippen molar-refractivity contribution in [3.63, 3.8) is 0 Å². The van der Waals surface area contributed by atoms with Gasteiger partial charge in [-0.15, -0.1) is 0 Å². The zero-order valence-electron chi connectivity index (χ0n) is 23.0. The molecule has 2 aromatic rings. The zero-order valence-corrected chi connectivity index (χ0v) is 23.0. The molecule has 0 fully saturated rings. The number of hydrogen-bond acceptors (Lipinski definition) is 8. The van der Waals surface area contributed by atoms with Gasteiger partial charge in [-0.3, -0.25) is 19.7 Å². The molecule has 1 atom stereocenters. The van der Waals surface area contributed by atoms with E-state index in [1.54, 1.807) is 46.8 Å².